The lowest BCUT2D eigenvalue weighted by molar-refractivity contribution is -0.142. The third-order valence-electron chi connectivity index (χ3n) is 3.58. The van der Waals surface area contributed by atoms with Gasteiger partial charge in [-0.3, -0.25) is 4.79 Å². The number of carbonyl (C=O) groups excluding carboxylic acids is 2. The maximum Gasteiger partial charge on any atom is 0.325 e. The fourth-order valence-electron chi connectivity index (χ4n) is 2.24. The van der Waals surface area contributed by atoms with Crippen molar-refractivity contribution in [2.24, 2.45) is 0 Å². The molecule has 0 aliphatic rings. The Morgan fingerprint density at radius 1 is 1.22 bits per heavy atom. The maximum absolute atomic E-state index is 12.1. The zero-order valence-electron chi connectivity index (χ0n) is 14.6. The van der Waals surface area contributed by atoms with Crippen molar-refractivity contribution < 1.29 is 14.3 Å². The molecule has 1 aromatic carbocycles. The van der Waals surface area contributed by atoms with Gasteiger partial charge < -0.3 is 15.4 Å². The van der Waals surface area contributed by atoms with Gasteiger partial charge in [0, 0.05) is 5.69 Å². The molecule has 0 saturated heterocycles. The Hall–Kier alpha value is -2.04. The predicted octanol–water partition coefficient (Wildman–Crippen LogP) is 3.84. The van der Waals surface area contributed by atoms with Gasteiger partial charge in [-0.25, -0.2) is 4.79 Å². The van der Waals surface area contributed by atoms with Crippen LogP contribution in [0.4, 0.5) is 10.5 Å². The van der Waals surface area contributed by atoms with E-state index in [1.807, 2.05) is 32.0 Å². The standard InChI is InChI=1S/C18H28N2O3/c1-5-7-11-23-16(21)12-19-18(22)20-17-14(6-2)9-8-10-15(17)13(3)4/h8-10,13H,5-7,11-12H2,1-4H3,(H2,19,20,22). The van der Waals surface area contributed by atoms with Crippen LogP contribution in [0.15, 0.2) is 18.2 Å². The first-order valence-corrected chi connectivity index (χ1v) is 8.31. The molecule has 0 fully saturated rings. The summed E-state index contributed by atoms with van der Waals surface area (Å²) in [5.41, 5.74) is 3.00. The number of hydrogen-bond donors (Lipinski definition) is 2. The first-order valence-electron chi connectivity index (χ1n) is 8.31. The third kappa shape index (κ3) is 6.30. The lowest BCUT2D eigenvalue weighted by atomic mass is 9.97. The van der Waals surface area contributed by atoms with Crippen molar-refractivity contribution in [1.29, 1.82) is 0 Å². The molecule has 0 unspecified atom stereocenters. The number of unbranched alkanes of at least 4 members (excludes halogenated alkanes) is 1. The van der Waals surface area contributed by atoms with Crippen LogP contribution < -0.4 is 10.6 Å². The second kappa shape index (κ2) is 9.87. The van der Waals surface area contributed by atoms with Gasteiger partial charge in [0.05, 0.1) is 6.61 Å². The number of hydrogen-bond acceptors (Lipinski definition) is 3. The van der Waals surface area contributed by atoms with Gasteiger partial charge in [-0.05, 0) is 29.9 Å². The van der Waals surface area contributed by atoms with Crippen molar-refractivity contribution in [3.05, 3.63) is 29.3 Å². The smallest absolute Gasteiger partial charge is 0.325 e. The van der Waals surface area contributed by atoms with Crippen molar-refractivity contribution in [3.8, 4) is 0 Å². The number of anilines is 1. The largest absolute Gasteiger partial charge is 0.464 e. The van der Waals surface area contributed by atoms with E-state index in [-0.39, 0.29) is 12.6 Å². The average Bonchev–Trinajstić information content (AvgIpc) is 2.53. The number of aryl methyl sites for hydroxylation is 1. The summed E-state index contributed by atoms with van der Waals surface area (Å²) in [7, 11) is 0. The molecule has 1 aromatic rings. The Kier molecular flexibility index (Phi) is 8.16. The predicted molar refractivity (Wildman–Crippen MR) is 92.8 cm³/mol. The Morgan fingerprint density at radius 2 is 1.96 bits per heavy atom. The zero-order chi connectivity index (χ0) is 17.2. The van der Waals surface area contributed by atoms with E-state index in [2.05, 4.69) is 24.5 Å². The normalized spacial score (nSPS) is 10.5. The molecule has 0 radical (unpaired) electrons. The first-order chi connectivity index (χ1) is 11.0. The molecule has 0 spiro atoms. The lowest BCUT2D eigenvalue weighted by Gasteiger charge is -2.17. The first kappa shape index (κ1) is 19.0. The Labute approximate surface area is 138 Å². The molecule has 5 heteroatoms. The van der Waals surface area contributed by atoms with Gasteiger partial charge >= 0.3 is 12.0 Å². The summed E-state index contributed by atoms with van der Waals surface area (Å²) in [6.45, 7) is 8.52. The summed E-state index contributed by atoms with van der Waals surface area (Å²) >= 11 is 0. The van der Waals surface area contributed by atoms with Crippen LogP contribution in [-0.2, 0) is 16.0 Å². The molecule has 0 aromatic heterocycles. The Balaban J connectivity index is 2.62. The molecule has 0 heterocycles. The minimum absolute atomic E-state index is 0.124. The van der Waals surface area contributed by atoms with Crippen LogP contribution in [-0.4, -0.2) is 25.2 Å². The lowest BCUT2D eigenvalue weighted by Crippen LogP contribution is -2.34. The molecule has 0 aliphatic heterocycles. The zero-order valence-corrected chi connectivity index (χ0v) is 14.6. The van der Waals surface area contributed by atoms with Crippen molar-refractivity contribution in [2.45, 2.75) is 52.9 Å². The van der Waals surface area contributed by atoms with E-state index in [4.69, 9.17) is 4.74 Å². The van der Waals surface area contributed by atoms with E-state index in [1.54, 1.807) is 0 Å². The van der Waals surface area contributed by atoms with Gasteiger partial charge in [0.2, 0.25) is 0 Å². The summed E-state index contributed by atoms with van der Waals surface area (Å²) in [6.07, 6.45) is 2.63. The molecule has 128 valence electrons. The number of amides is 2. The minimum atomic E-state index is -0.415. The van der Waals surface area contributed by atoms with Crippen LogP contribution in [0.1, 0.15) is 57.6 Å². The van der Waals surface area contributed by atoms with Gasteiger partial charge in [-0.2, -0.15) is 0 Å². The van der Waals surface area contributed by atoms with E-state index in [1.165, 1.54) is 0 Å². The van der Waals surface area contributed by atoms with Crippen molar-refractivity contribution in [3.63, 3.8) is 0 Å². The maximum atomic E-state index is 12.1. The summed E-state index contributed by atoms with van der Waals surface area (Å²) in [5.74, 6) is -0.114. The average molecular weight is 320 g/mol. The number of esters is 1. The van der Waals surface area contributed by atoms with E-state index in [0.29, 0.717) is 12.5 Å². The Morgan fingerprint density at radius 3 is 2.57 bits per heavy atom. The summed E-state index contributed by atoms with van der Waals surface area (Å²) in [6, 6.07) is 5.63. The van der Waals surface area contributed by atoms with Crippen LogP contribution in [0.25, 0.3) is 0 Å². The molecule has 2 amide bonds. The van der Waals surface area contributed by atoms with Gasteiger partial charge in [0.1, 0.15) is 6.54 Å². The fourth-order valence-corrected chi connectivity index (χ4v) is 2.24. The van der Waals surface area contributed by atoms with Crippen LogP contribution in [0.2, 0.25) is 0 Å². The molecule has 2 N–H and O–H groups in total. The number of para-hydroxylation sites is 1. The highest BCUT2D eigenvalue weighted by molar-refractivity contribution is 5.93. The van der Waals surface area contributed by atoms with E-state index in [9.17, 15) is 9.59 Å². The highest BCUT2D eigenvalue weighted by Gasteiger charge is 2.13. The third-order valence-corrected chi connectivity index (χ3v) is 3.58. The molecular formula is C18H28N2O3. The van der Waals surface area contributed by atoms with Gasteiger partial charge in [-0.15, -0.1) is 0 Å². The van der Waals surface area contributed by atoms with Crippen LogP contribution >= 0.6 is 0 Å². The monoisotopic (exact) mass is 320 g/mol. The van der Waals surface area contributed by atoms with Gasteiger partial charge in [-0.1, -0.05) is 52.3 Å². The van der Waals surface area contributed by atoms with E-state index >= 15 is 0 Å². The number of rotatable bonds is 8. The fraction of sp³-hybridized carbons (Fsp3) is 0.556. The molecule has 0 saturated carbocycles. The molecule has 5 nitrogen and oxygen atoms in total. The number of ether oxygens (including phenoxy) is 1. The van der Waals surface area contributed by atoms with Crippen LogP contribution in [0.3, 0.4) is 0 Å². The van der Waals surface area contributed by atoms with Crippen molar-refractivity contribution >= 4 is 17.7 Å². The minimum Gasteiger partial charge on any atom is -0.464 e. The van der Waals surface area contributed by atoms with E-state index in [0.717, 1.165) is 36.1 Å². The second-order valence-electron chi connectivity index (χ2n) is 5.77. The quantitative estimate of drug-likeness (QED) is 0.565. The van der Waals surface area contributed by atoms with E-state index < -0.39 is 5.97 Å². The molecule has 0 aliphatic carbocycles. The number of urea groups is 1. The highest BCUT2D eigenvalue weighted by Crippen LogP contribution is 2.28. The SMILES string of the molecule is CCCCOC(=O)CNC(=O)Nc1c(CC)cccc1C(C)C. The summed E-state index contributed by atoms with van der Waals surface area (Å²) in [5, 5.41) is 5.43. The molecule has 0 bridgehead atoms. The van der Waals surface area contributed by atoms with Gasteiger partial charge in [0.15, 0.2) is 0 Å². The second-order valence-corrected chi connectivity index (χ2v) is 5.77. The summed E-state index contributed by atoms with van der Waals surface area (Å²) < 4.78 is 5.01. The number of nitrogens with one attached hydrogen (secondary N) is 2. The van der Waals surface area contributed by atoms with Gasteiger partial charge in [0.25, 0.3) is 0 Å². The topological polar surface area (TPSA) is 67.4 Å². The Bertz CT molecular complexity index is 527. The van der Waals surface area contributed by atoms with Crippen LogP contribution in [0.5, 0.6) is 0 Å². The molecule has 0 atom stereocenters. The van der Waals surface area contributed by atoms with Crippen molar-refractivity contribution in [1.82, 2.24) is 5.32 Å². The molecule has 1 rings (SSSR count). The summed E-state index contributed by atoms with van der Waals surface area (Å²) in [4.78, 5) is 23.6. The van der Waals surface area contributed by atoms with Crippen molar-refractivity contribution in [2.75, 3.05) is 18.5 Å². The number of benzene rings is 1. The van der Waals surface area contributed by atoms with Crippen LogP contribution in [0, 0.1) is 0 Å². The molecule has 23 heavy (non-hydrogen) atoms. The molecular weight excluding hydrogens is 292 g/mol. The highest BCUT2D eigenvalue weighted by atomic mass is 16.5. The number of carbonyl (C=O) groups is 2.